The topological polar surface area (TPSA) is 82.9 Å². The normalized spacial score (nSPS) is 21.2. The first-order chi connectivity index (χ1) is 11.1. The van der Waals surface area contributed by atoms with Crippen molar-refractivity contribution in [3.8, 4) is 0 Å². The van der Waals surface area contributed by atoms with E-state index in [4.69, 9.17) is 5.11 Å². The number of nitrogens with zero attached hydrogens (tertiary/aromatic N) is 3. The maximum atomic E-state index is 12.7. The number of rotatable bonds is 2. The highest BCUT2D eigenvalue weighted by Crippen LogP contribution is 2.47. The number of allylic oxidation sites excluding steroid dienone is 1. The van der Waals surface area contributed by atoms with Gasteiger partial charge in [-0.2, -0.15) is 0 Å². The molecule has 0 fully saturated rings. The van der Waals surface area contributed by atoms with Crippen molar-refractivity contribution in [1.29, 1.82) is 0 Å². The minimum Gasteiger partial charge on any atom is -0.465 e. The summed E-state index contributed by atoms with van der Waals surface area (Å²) in [6.45, 7) is 8.65. The first-order valence-corrected chi connectivity index (χ1v) is 8.72. The van der Waals surface area contributed by atoms with Crippen molar-refractivity contribution in [3.63, 3.8) is 0 Å². The van der Waals surface area contributed by atoms with Crippen LogP contribution in [0.2, 0.25) is 0 Å². The van der Waals surface area contributed by atoms with Crippen molar-refractivity contribution < 1.29 is 14.7 Å². The Morgan fingerprint density at radius 1 is 1.21 bits per heavy atom. The Morgan fingerprint density at radius 2 is 1.88 bits per heavy atom. The second-order valence-corrected chi connectivity index (χ2v) is 8.55. The number of fused-ring (bicyclic) bond motifs is 1. The van der Waals surface area contributed by atoms with Crippen LogP contribution in [0.5, 0.6) is 0 Å². The zero-order valence-electron chi connectivity index (χ0n) is 14.3. The number of hydrogen-bond donors (Lipinski definition) is 1. The lowest BCUT2D eigenvalue weighted by atomic mass is 9.69. The van der Waals surface area contributed by atoms with E-state index in [1.807, 2.05) is 0 Å². The van der Waals surface area contributed by atoms with Crippen LogP contribution in [0.15, 0.2) is 17.3 Å². The van der Waals surface area contributed by atoms with Crippen LogP contribution in [0.25, 0.3) is 0 Å². The molecule has 7 heteroatoms. The molecule has 0 spiro atoms. The molecule has 1 N–H and O–H groups in total. The van der Waals surface area contributed by atoms with Gasteiger partial charge >= 0.3 is 6.09 Å². The van der Waals surface area contributed by atoms with Crippen molar-refractivity contribution >= 4 is 28.9 Å². The number of aliphatic imine (C=N–C) groups is 1. The molecule has 1 aromatic heterocycles. The Kier molecular flexibility index (Phi) is 3.86. The number of carbonyl (C=O) groups is 2. The molecule has 0 saturated heterocycles. The van der Waals surface area contributed by atoms with Crippen molar-refractivity contribution in [3.05, 3.63) is 27.9 Å². The lowest BCUT2D eigenvalue weighted by Gasteiger charge is -2.37. The Bertz CT molecular complexity index is 741. The average Bonchev–Trinajstić information content (AvgIpc) is 2.99. The van der Waals surface area contributed by atoms with Crippen molar-refractivity contribution in [2.75, 3.05) is 6.67 Å². The zero-order chi connectivity index (χ0) is 17.7. The van der Waals surface area contributed by atoms with E-state index in [9.17, 15) is 9.59 Å². The van der Waals surface area contributed by atoms with Crippen LogP contribution in [0.1, 0.15) is 60.9 Å². The van der Waals surface area contributed by atoms with E-state index in [0.717, 1.165) is 23.4 Å². The van der Waals surface area contributed by atoms with Gasteiger partial charge in [0.25, 0.3) is 0 Å². The standard InChI is InChI=1S/C17H21N3O3S/c1-16(2)6-7-17(3,4)13-12(16)19-14(24-13)11(21)10-5-8-20(9-18-10)15(22)23/h5,8H,6-7,9H2,1-4H3,(H,22,23). The molecule has 0 unspecified atom stereocenters. The molecule has 1 amide bonds. The first kappa shape index (κ1) is 16.8. The number of Topliss-reactive ketones (excluding diaryl/α,β-unsaturated/α-hetero) is 1. The van der Waals surface area contributed by atoms with Gasteiger partial charge in [-0.1, -0.05) is 27.7 Å². The van der Waals surface area contributed by atoms with Crippen LogP contribution in [-0.2, 0) is 10.8 Å². The van der Waals surface area contributed by atoms with Gasteiger partial charge in [-0.15, -0.1) is 11.3 Å². The summed E-state index contributed by atoms with van der Waals surface area (Å²) in [6.07, 6.45) is 3.83. The molecule has 2 heterocycles. The van der Waals surface area contributed by atoms with E-state index < -0.39 is 6.09 Å². The summed E-state index contributed by atoms with van der Waals surface area (Å²) < 4.78 is 0. The third-order valence-corrected chi connectivity index (χ3v) is 6.16. The maximum absolute atomic E-state index is 12.7. The van der Waals surface area contributed by atoms with Gasteiger partial charge in [0, 0.05) is 21.9 Å². The van der Waals surface area contributed by atoms with Gasteiger partial charge < -0.3 is 5.11 Å². The van der Waals surface area contributed by atoms with E-state index in [2.05, 4.69) is 37.7 Å². The van der Waals surface area contributed by atoms with Gasteiger partial charge in [0.15, 0.2) is 5.01 Å². The monoisotopic (exact) mass is 347 g/mol. The van der Waals surface area contributed by atoms with Crippen molar-refractivity contribution in [2.45, 2.75) is 51.4 Å². The number of carboxylic acid groups (broad SMARTS) is 1. The van der Waals surface area contributed by atoms with Gasteiger partial charge in [-0.05, 0) is 18.9 Å². The Labute approximate surface area is 144 Å². The Morgan fingerprint density at radius 3 is 2.42 bits per heavy atom. The summed E-state index contributed by atoms with van der Waals surface area (Å²) in [4.78, 5) is 34.5. The Balaban J connectivity index is 1.92. The van der Waals surface area contributed by atoms with E-state index >= 15 is 0 Å². The summed E-state index contributed by atoms with van der Waals surface area (Å²) >= 11 is 1.45. The molecular weight excluding hydrogens is 326 g/mol. The van der Waals surface area contributed by atoms with Gasteiger partial charge in [-0.25, -0.2) is 9.78 Å². The average molecular weight is 347 g/mol. The molecule has 1 aliphatic carbocycles. The van der Waals surface area contributed by atoms with E-state index in [0.29, 0.717) is 5.01 Å². The molecule has 0 bridgehead atoms. The molecule has 6 nitrogen and oxygen atoms in total. The number of hydrogen-bond acceptors (Lipinski definition) is 5. The second-order valence-electron chi connectivity index (χ2n) is 7.55. The molecular formula is C17H21N3O3S. The molecule has 1 aromatic rings. The maximum Gasteiger partial charge on any atom is 0.412 e. The molecule has 1 aliphatic heterocycles. The fourth-order valence-electron chi connectivity index (χ4n) is 2.99. The Hall–Kier alpha value is -2.02. The number of amides is 1. The quantitative estimate of drug-likeness (QED) is 0.829. The predicted octanol–water partition coefficient (Wildman–Crippen LogP) is 3.58. The van der Waals surface area contributed by atoms with Gasteiger partial charge in [0.05, 0.1) is 5.69 Å². The number of thiazole rings is 1. The highest BCUT2D eigenvalue weighted by Gasteiger charge is 2.41. The van der Waals surface area contributed by atoms with E-state index in [1.54, 1.807) is 0 Å². The van der Waals surface area contributed by atoms with Crippen LogP contribution in [0.4, 0.5) is 4.79 Å². The highest BCUT2D eigenvalue weighted by atomic mass is 32.1. The third kappa shape index (κ3) is 2.77. The fourth-order valence-corrected chi connectivity index (χ4v) is 4.31. The second kappa shape index (κ2) is 5.51. The predicted molar refractivity (Wildman–Crippen MR) is 93.0 cm³/mol. The molecule has 128 valence electrons. The molecule has 3 rings (SSSR count). The molecule has 0 aromatic carbocycles. The molecule has 0 saturated carbocycles. The minimum absolute atomic E-state index is 0.0192. The summed E-state index contributed by atoms with van der Waals surface area (Å²) in [5.74, 6) is -0.234. The lowest BCUT2D eigenvalue weighted by molar-refractivity contribution is 0.106. The molecule has 2 aliphatic rings. The summed E-state index contributed by atoms with van der Waals surface area (Å²) in [7, 11) is 0. The van der Waals surface area contributed by atoms with Crippen LogP contribution < -0.4 is 0 Å². The van der Waals surface area contributed by atoms with E-state index in [1.165, 1.54) is 28.5 Å². The molecule has 24 heavy (non-hydrogen) atoms. The van der Waals surface area contributed by atoms with E-state index in [-0.39, 0.29) is 29.0 Å². The first-order valence-electron chi connectivity index (χ1n) is 7.90. The van der Waals surface area contributed by atoms with Crippen LogP contribution >= 0.6 is 11.3 Å². The zero-order valence-corrected chi connectivity index (χ0v) is 15.1. The highest BCUT2D eigenvalue weighted by molar-refractivity contribution is 7.14. The number of carbonyl (C=O) groups excluding carboxylic acids is 1. The van der Waals surface area contributed by atoms with Crippen LogP contribution in [-0.4, -0.2) is 39.2 Å². The smallest absolute Gasteiger partial charge is 0.412 e. The number of aromatic nitrogens is 1. The van der Waals surface area contributed by atoms with Crippen LogP contribution in [0.3, 0.4) is 0 Å². The lowest BCUT2D eigenvalue weighted by Crippen LogP contribution is -2.32. The summed E-state index contributed by atoms with van der Waals surface area (Å²) in [5.41, 5.74) is 1.25. The fraction of sp³-hybridized carbons (Fsp3) is 0.529. The van der Waals surface area contributed by atoms with Crippen molar-refractivity contribution in [1.82, 2.24) is 9.88 Å². The van der Waals surface area contributed by atoms with Gasteiger partial charge in [0.1, 0.15) is 12.4 Å². The molecule has 0 radical (unpaired) electrons. The van der Waals surface area contributed by atoms with Gasteiger partial charge in [-0.3, -0.25) is 14.7 Å². The summed E-state index contributed by atoms with van der Waals surface area (Å²) in [6, 6.07) is 0. The minimum atomic E-state index is -1.09. The summed E-state index contributed by atoms with van der Waals surface area (Å²) in [5, 5.41) is 9.36. The van der Waals surface area contributed by atoms with Gasteiger partial charge in [0.2, 0.25) is 5.78 Å². The molecule has 0 atom stereocenters. The number of ketones is 1. The van der Waals surface area contributed by atoms with Crippen LogP contribution in [0, 0.1) is 0 Å². The third-order valence-electron chi connectivity index (χ3n) is 4.74. The largest absolute Gasteiger partial charge is 0.465 e. The SMILES string of the molecule is CC1(C)CCC(C)(C)c2sc(C(=O)C3=NCN(C(=O)O)C=C3)nc21. The van der Waals surface area contributed by atoms with Crippen molar-refractivity contribution in [2.24, 2.45) is 4.99 Å².